The number of nitrogens with one attached hydrogen (secondary N) is 1. The molecule has 0 spiro atoms. The molecule has 1 unspecified atom stereocenters. The third-order valence-corrected chi connectivity index (χ3v) is 6.19. The first kappa shape index (κ1) is 25.5. The molecule has 1 aliphatic rings. The molecule has 1 atom stereocenters. The summed E-state index contributed by atoms with van der Waals surface area (Å²) >= 11 is 0. The molecule has 1 aliphatic heterocycles. The maximum absolute atomic E-state index is 13.6. The molecular formula is C28H36N2O4. The van der Waals surface area contributed by atoms with Crippen molar-refractivity contribution in [2.24, 2.45) is 0 Å². The van der Waals surface area contributed by atoms with Crippen LogP contribution in [0.2, 0.25) is 0 Å². The van der Waals surface area contributed by atoms with Gasteiger partial charge in [-0.1, -0.05) is 55.0 Å². The van der Waals surface area contributed by atoms with Crippen molar-refractivity contribution in [2.75, 3.05) is 33.8 Å². The molecule has 2 aromatic carbocycles. The van der Waals surface area contributed by atoms with Gasteiger partial charge in [-0.2, -0.15) is 0 Å². The summed E-state index contributed by atoms with van der Waals surface area (Å²) in [6.07, 6.45) is 2.74. The Morgan fingerprint density at radius 3 is 2.38 bits per heavy atom. The molecule has 0 aromatic heterocycles. The Morgan fingerprint density at radius 2 is 1.76 bits per heavy atom. The molecule has 0 radical (unpaired) electrons. The fraction of sp³-hybridized carbons (Fsp3) is 0.429. The van der Waals surface area contributed by atoms with E-state index in [0.717, 1.165) is 48.2 Å². The molecule has 6 nitrogen and oxygen atoms in total. The molecule has 0 bridgehead atoms. The molecular weight excluding hydrogens is 428 g/mol. The van der Waals surface area contributed by atoms with Crippen LogP contribution in [-0.2, 0) is 9.59 Å². The van der Waals surface area contributed by atoms with Crippen LogP contribution >= 0.6 is 0 Å². The summed E-state index contributed by atoms with van der Waals surface area (Å²) in [4.78, 5) is 29.0. The Balaban J connectivity index is 2.02. The number of ketones is 1. The van der Waals surface area contributed by atoms with Crippen LogP contribution in [0.25, 0.3) is 5.76 Å². The maximum Gasteiger partial charge on any atom is 0.295 e. The van der Waals surface area contributed by atoms with Gasteiger partial charge in [-0.15, -0.1) is 0 Å². The quantitative estimate of drug-likeness (QED) is 0.253. The number of carbonyl (C=O) groups is 2. The summed E-state index contributed by atoms with van der Waals surface area (Å²) in [5.74, 6) is -0.966. The lowest BCUT2D eigenvalue weighted by Crippen LogP contribution is -3.05. The van der Waals surface area contributed by atoms with E-state index >= 15 is 0 Å². The van der Waals surface area contributed by atoms with Crippen molar-refractivity contribution in [3.05, 3.63) is 70.3 Å². The highest BCUT2D eigenvalue weighted by Crippen LogP contribution is 2.39. The molecule has 0 saturated carbocycles. The Hall–Kier alpha value is -3.12. The van der Waals surface area contributed by atoms with Gasteiger partial charge in [0.05, 0.1) is 33.3 Å². The SMILES string of the molecule is CCCCOc1ccc(/C([O-])=C2\C(=O)C(=O)N(CCC[NH+](C)C)C2c2ccc(C)cc2)cc1C. The number of carbonyl (C=O) groups excluding carboxylic acids is 2. The fourth-order valence-corrected chi connectivity index (χ4v) is 4.23. The van der Waals surface area contributed by atoms with E-state index < -0.39 is 23.5 Å². The normalized spacial score (nSPS) is 17.6. The zero-order valence-electron chi connectivity index (χ0n) is 20.9. The van der Waals surface area contributed by atoms with Gasteiger partial charge in [0.15, 0.2) is 0 Å². The number of aryl methyl sites for hydroxylation is 2. The van der Waals surface area contributed by atoms with E-state index in [1.807, 2.05) is 52.2 Å². The van der Waals surface area contributed by atoms with Crippen molar-refractivity contribution in [3.63, 3.8) is 0 Å². The summed E-state index contributed by atoms with van der Waals surface area (Å²) in [7, 11) is 4.10. The zero-order chi connectivity index (χ0) is 24.8. The van der Waals surface area contributed by atoms with Crippen LogP contribution in [0.15, 0.2) is 48.0 Å². The molecule has 3 rings (SSSR count). The summed E-state index contributed by atoms with van der Waals surface area (Å²) in [5.41, 5.74) is 3.11. The van der Waals surface area contributed by atoms with E-state index in [1.165, 1.54) is 4.90 Å². The molecule has 34 heavy (non-hydrogen) atoms. The number of unbranched alkanes of at least 4 members (excludes halogenated alkanes) is 1. The molecule has 2 aromatic rings. The number of hydrogen-bond donors (Lipinski definition) is 1. The van der Waals surface area contributed by atoms with E-state index in [1.54, 1.807) is 23.1 Å². The van der Waals surface area contributed by atoms with Crippen molar-refractivity contribution < 1.29 is 24.3 Å². The van der Waals surface area contributed by atoms with Crippen molar-refractivity contribution in [1.29, 1.82) is 0 Å². The number of ether oxygens (including phenoxy) is 1. The number of nitrogens with zero attached hydrogens (tertiary/aromatic N) is 1. The Bertz CT molecular complexity index is 1060. The standard InChI is InChI=1S/C28H36N2O4/c1-6-7-17-34-23-14-13-22(18-20(23)3)26(31)24-25(21-11-9-19(2)10-12-21)30(28(33)27(24)32)16-8-15-29(4)5/h9-14,18,25,31H,6-8,15-17H2,1-5H3/b26-24+. The molecule has 1 amide bonds. The van der Waals surface area contributed by atoms with E-state index in [-0.39, 0.29) is 5.57 Å². The molecule has 1 heterocycles. The van der Waals surface area contributed by atoms with Gasteiger partial charge in [-0.3, -0.25) is 9.59 Å². The fourth-order valence-electron chi connectivity index (χ4n) is 4.23. The predicted octanol–water partition coefficient (Wildman–Crippen LogP) is 2.24. The van der Waals surface area contributed by atoms with E-state index in [9.17, 15) is 14.7 Å². The van der Waals surface area contributed by atoms with Gasteiger partial charge in [-0.25, -0.2) is 0 Å². The molecule has 1 fully saturated rings. The van der Waals surface area contributed by atoms with Crippen LogP contribution in [0, 0.1) is 13.8 Å². The summed E-state index contributed by atoms with van der Waals surface area (Å²) in [6.45, 7) is 7.88. The lowest BCUT2D eigenvalue weighted by atomic mass is 9.94. The Kier molecular flexibility index (Phi) is 8.51. The second kappa shape index (κ2) is 11.3. The second-order valence-corrected chi connectivity index (χ2v) is 9.38. The number of hydrogen-bond acceptors (Lipinski definition) is 4. The number of rotatable bonds is 10. The summed E-state index contributed by atoms with van der Waals surface area (Å²) in [5, 5.41) is 13.6. The summed E-state index contributed by atoms with van der Waals surface area (Å²) in [6, 6.07) is 12.2. The molecule has 0 aliphatic carbocycles. The minimum absolute atomic E-state index is 0.0325. The highest BCUT2D eigenvalue weighted by atomic mass is 16.5. The van der Waals surface area contributed by atoms with E-state index in [2.05, 4.69) is 6.92 Å². The average molecular weight is 465 g/mol. The van der Waals surface area contributed by atoms with Gasteiger partial charge in [-0.05, 0) is 49.1 Å². The highest BCUT2D eigenvalue weighted by Gasteiger charge is 2.43. The monoisotopic (exact) mass is 464 g/mol. The van der Waals surface area contributed by atoms with Crippen molar-refractivity contribution in [2.45, 2.75) is 46.1 Å². The van der Waals surface area contributed by atoms with Crippen LogP contribution in [0.5, 0.6) is 5.75 Å². The number of likely N-dealkylation sites (tertiary alicyclic amines) is 1. The van der Waals surface area contributed by atoms with E-state index in [4.69, 9.17) is 4.74 Å². The Labute approximate surface area is 202 Å². The lowest BCUT2D eigenvalue weighted by molar-refractivity contribution is -0.858. The van der Waals surface area contributed by atoms with Gasteiger partial charge >= 0.3 is 0 Å². The smallest absolute Gasteiger partial charge is 0.295 e. The van der Waals surface area contributed by atoms with Crippen LogP contribution in [-0.4, -0.2) is 50.4 Å². The van der Waals surface area contributed by atoms with Crippen molar-refractivity contribution in [1.82, 2.24) is 4.90 Å². The third kappa shape index (κ3) is 5.68. The lowest BCUT2D eigenvalue weighted by Gasteiger charge is -2.28. The van der Waals surface area contributed by atoms with E-state index in [0.29, 0.717) is 18.7 Å². The first-order valence-corrected chi connectivity index (χ1v) is 12.1. The van der Waals surface area contributed by atoms with Gasteiger partial charge in [0.2, 0.25) is 5.78 Å². The van der Waals surface area contributed by atoms with Crippen LogP contribution < -0.4 is 14.7 Å². The molecule has 6 heteroatoms. The number of quaternary nitrogens is 1. The summed E-state index contributed by atoms with van der Waals surface area (Å²) < 4.78 is 5.81. The van der Waals surface area contributed by atoms with Crippen molar-refractivity contribution in [3.8, 4) is 5.75 Å². The number of amides is 1. The minimum Gasteiger partial charge on any atom is -0.872 e. The van der Waals surface area contributed by atoms with Gasteiger partial charge in [0, 0.05) is 18.5 Å². The second-order valence-electron chi connectivity index (χ2n) is 9.38. The van der Waals surface area contributed by atoms with Gasteiger partial charge in [0.25, 0.3) is 5.91 Å². The van der Waals surface area contributed by atoms with Gasteiger partial charge in [0.1, 0.15) is 5.75 Å². The first-order chi connectivity index (χ1) is 16.2. The maximum atomic E-state index is 13.6. The minimum atomic E-state index is -0.700. The predicted molar refractivity (Wildman–Crippen MR) is 131 cm³/mol. The van der Waals surface area contributed by atoms with Crippen LogP contribution in [0.4, 0.5) is 0 Å². The molecule has 1 N–H and O–H groups in total. The molecule has 1 saturated heterocycles. The molecule has 182 valence electrons. The highest BCUT2D eigenvalue weighted by molar-refractivity contribution is 6.46. The number of benzene rings is 2. The number of Topliss-reactive ketones (excluding diaryl/α,β-unsaturated/α-hetero) is 1. The third-order valence-electron chi connectivity index (χ3n) is 6.19. The van der Waals surface area contributed by atoms with Gasteiger partial charge < -0.3 is 19.6 Å². The largest absolute Gasteiger partial charge is 0.872 e. The Morgan fingerprint density at radius 1 is 1.06 bits per heavy atom. The topological polar surface area (TPSA) is 74.1 Å². The first-order valence-electron chi connectivity index (χ1n) is 12.1. The van der Waals surface area contributed by atoms with Crippen LogP contribution in [0.3, 0.4) is 0 Å². The average Bonchev–Trinajstić information content (AvgIpc) is 3.05. The zero-order valence-corrected chi connectivity index (χ0v) is 20.9. The van der Waals surface area contributed by atoms with Crippen molar-refractivity contribution >= 4 is 17.4 Å². The van der Waals surface area contributed by atoms with Crippen LogP contribution in [0.1, 0.15) is 54.5 Å².